The zero-order chi connectivity index (χ0) is 29.5. The topological polar surface area (TPSA) is 98.2 Å². The lowest BCUT2D eigenvalue weighted by Crippen LogP contribution is -2.29. The molecule has 10 heteroatoms. The van der Waals surface area contributed by atoms with Gasteiger partial charge in [-0.05, 0) is 59.7 Å². The normalized spacial score (nSPS) is 17.4. The molecule has 1 aromatic heterocycles. The highest BCUT2D eigenvalue weighted by Crippen LogP contribution is 2.45. The van der Waals surface area contributed by atoms with E-state index in [-0.39, 0.29) is 11.3 Å². The van der Waals surface area contributed by atoms with Crippen LogP contribution < -0.4 is 19.1 Å². The van der Waals surface area contributed by atoms with Crippen molar-refractivity contribution in [3.63, 3.8) is 0 Å². The Hall–Kier alpha value is -4.86. The van der Waals surface area contributed by atoms with Crippen LogP contribution in [0.25, 0.3) is 16.0 Å². The van der Waals surface area contributed by atoms with Gasteiger partial charge in [-0.2, -0.15) is 0 Å². The molecule has 43 heavy (non-hydrogen) atoms. The molecule has 1 fully saturated rings. The lowest BCUT2D eigenvalue weighted by Gasteiger charge is -2.24. The fourth-order valence-electron chi connectivity index (χ4n) is 5.20. The number of thiazole rings is 1. The van der Waals surface area contributed by atoms with Gasteiger partial charge in [0.15, 0.2) is 16.6 Å². The molecule has 1 saturated heterocycles. The predicted octanol–water partition coefficient (Wildman–Crippen LogP) is 6.93. The van der Waals surface area contributed by atoms with E-state index >= 15 is 0 Å². The number of nitrogens with zero attached hydrogens (tertiary/aromatic N) is 2. The van der Waals surface area contributed by atoms with Gasteiger partial charge >= 0.3 is 5.91 Å². The maximum Gasteiger partial charge on any atom is 0.301 e. The minimum Gasteiger partial charge on any atom is -0.507 e. The number of ketones is 1. The second-order valence-corrected chi connectivity index (χ2v) is 11.4. The highest BCUT2D eigenvalue weighted by molar-refractivity contribution is 7.22. The van der Waals surface area contributed by atoms with Crippen LogP contribution in [0.4, 0.5) is 5.13 Å². The van der Waals surface area contributed by atoms with Gasteiger partial charge in [0.1, 0.15) is 31.3 Å². The highest BCUT2D eigenvalue weighted by atomic mass is 35.5. The highest BCUT2D eigenvalue weighted by Gasteiger charge is 2.48. The molecule has 1 amide bonds. The number of ether oxygens (including phenoxy) is 3. The number of carbonyl (C=O) groups excluding carboxylic acids is 2. The van der Waals surface area contributed by atoms with Crippen LogP contribution in [0.5, 0.6) is 17.2 Å². The molecule has 214 valence electrons. The summed E-state index contributed by atoms with van der Waals surface area (Å²) in [6.45, 7) is 1.11. The number of fused-ring (bicyclic) bond motifs is 2. The quantitative estimate of drug-likeness (QED) is 0.126. The number of aliphatic hydroxyl groups excluding tert-OH is 1. The van der Waals surface area contributed by atoms with Gasteiger partial charge in [-0.25, -0.2) is 4.98 Å². The number of Topliss-reactive ketones (excluding diaryl/α,β-unsaturated/α-hetero) is 1. The first-order chi connectivity index (χ1) is 21.0. The van der Waals surface area contributed by atoms with E-state index in [1.807, 2.05) is 30.3 Å². The Balaban J connectivity index is 1.35. The Morgan fingerprint density at radius 3 is 2.60 bits per heavy atom. The van der Waals surface area contributed by atoms with Crippen molar-refractivity contribution in [2.24, 2.45) is 0 Å². The van der Waals surface area contributed by atoms with Crippen LogP contribution in [-0.2, 0) is 16.2 Å². The second-order valence-electron chi connectivity index (χ2n) is 9.98. The fourth-order valence-corrected chi connectivity index (χ4v) is 6.46. The molecular formula is C33H23ClN2O6S. The van der Waals surface area contributed by atoms with E-state index in [1.165, 1.54) is 16.2 Å². The lowest BCUT2D eigenvalue weighted by molar-refractivity contribution is -0.132. The van der Waals surface area contributed by atoms with Crippen molar-refractivity contribution in [3.8, 4) is 17.2 Å². The van der Waals surface area contributed by atoms with Crippen molar-refractivity contribution < 1.29 is 28.9 Å². The maximum absolute atomic E-state index is 13.7. The van der Waals surface area contributed by atoms with Crippen molar-refractivity contribution in [1.29, 1.82) is 0 Å². The first-order valence-electron chi connectivity index (χ1n) is 13.5. The molecule has 0 radical (unpaired) electrons. The molecule has 0 unspecified atom stereocenters. The Kier molecular flexibility index (Phi) is 6.96. The Bertz CT molecular complexity index is 1920. The number of hydrogen-bond acceptors (Lipinski definition) is 8. The van der Waals surface area contributed by atoms with Crippen molar-refractivity contribution in [2.75, 3.05) is 18.1 Å². The number of rotatable bonds is 6. The van der Waals surface area contributed by atoms with Gasteiger partial charge in [-0.1, -0.05) is 65.4 Å². The fraction of sp³-hybridized carbons (Fsp3) is 0.121. The zero-order valence-corrected chi connectivity index (χ0v) is 24.1. The van der Waals surface area contributed by atoms with Crippen LogP contribution >= 0.6 is 22.9 Å². The van der Waals surface area contributed by atoms with Crippen LogP contribution in [0, 0.1) is 0 Å². The molecule has 0 spiro atoms. The number of aromatic nitrogens is 1. The maximum atomic E-state index is 13.7. The summed E-state index contributed by atoms with van der Waals surface area (Å²) < 4.78 is 18.1. The third-order valence-corrected chi connectivity index (χ3v) is 8.48. The summed E-state index contributed by atoms with van der Waals surface area (Å²) >= 11 is 7.45. The van der Waals surface area contributed by atoms with Crippen molar-refractivity contribution in [1.82, 2.24) is 4.98 Å². The molecule has 1 N–H and O–H groups in total. The van der Waals surface area contributed by atoms with Crippen LogP contribution in [0.3, 0.4) is 0 Å². The molecule has 7 rings (SSSR count). The molecule has 0 bridgehead atoms. The van der Waals surface area contributed by atoms with Crippen molar-refractivity contribution in [2.45, 2.75) is 12.6 Å². The zero-order valence-electron chi connectivity index (χ0n) is 22.5. The van der Waals surface area contributed by atoms with Gasteiger partial charge in [0, 0.05) is 10.6 Å². The number of benzene rings is 4. The summed E-state index contributed by atoms with van der Waals surface area (Å²) in [5.41, 5.74) is 2.45. The standard InChI is InChI=1S/C33H23ClN2O6S/c34-22-10-11-24-27(17-22)43-33(35-24)36-29(20-7-4-8-23(15-20)42-18-19-5-2-1-3-6-19)28(31(38)32(36)39)30(37)21-9-12-25-26(16-21)41-14-13-40-25/h1-12,15-17,29,37H,13-14,18H2/b30-28+/t29-/m0/s1. The van der Waals surface area contributed by atoms with E-state index in [1.54, 1.807) is 60.7 Å². The van der Waals surface area contributed by atoms with Crippen LogP contribution in [0.15, 0.2) is 96.6 Å². The molecule has 1 atom stereocenters. The monoisotopic (exact) mass is 610 g/mol. The number of halogens is 1. The molecule has 3 heterocycles. The molecule has 5 aromatic rings. The smallest absolute Gasteiger partial charge is 0.301 e. The summed E-state index contributed by atoms with van der Waals surface area (Å²) in [6.07, 6.45) is 0. The average molecular weight is 611 g/mol. The lowest BCUT2D eigenvalue weighted by atomic mass is 9.95. The van der Waals surface area contributed by atoms with Gasteiger partial charge in [0.2, 0.25) is 0 Å². The van der Waals surface area contributed by atoms with E-state index in [4.69, 9.17) is 25.8 Å². The third-order valence-electron chi connectivity index (χ3n) is 7.23. The third kappa shape index (κ3) is 5.07. The predicted molar refractivity (Wildman–Crippen MR) is 164 cm³/mol. The second kappa shape index (κ2) is 11.1. The summed E-state index contributed by atoms with van der Waals surface area (Å²) in [4.78, 5) is 33.4. The molecule has 0 saturated carbocycles. The van der Waals surface area contributed by atoms with E-state index in [0.29, 0.717) is 63.9 Å². The van der Waals surface area contributed by atoms with Gasteiger partial charge < -0.3 is 19.3 Å². The largest absolute Gasteiger partial charge is 0.507 e. The first kappa shape index (κ1) is 27.0. The van der Waals surface area contributed by atoms with Crippen molar-refractivity contribution in [3.05, 3.63) is 118 Å². The summed E-state index contributed by atoms with van der Waals surface area (Å²) in [7, 11) is 0. The minimum absolute atomic E-state index is 0.0702. The van der Waals surface area contributed by atoms with Crippen molar-refractivity contribution >= 4 is 55.7 Å². The minimum atomic E-state index is -0.982. The molecule has 2 aliphatic heterocycles. The number of amides is 1. The van der Waals surface area contributed by atoms with Gasteiger partial charge in [0.25, 0.3) is 5.78 Å². The average Bonchev–Trinajstić information content (AvgIpc) is 3.57. The number of carbonyl (C=O) groups is 2. The number of hydrogen-bond donors (Lipinski definition) is 1. The van der Waals surface area contributed by atoms with Gasteiger partial charge in [-0.15, -0.1) is 0 Å². The van der Waals surface area contributed by atoms with Gasteiger partial charge in [0.05, 0.1) is 21.8 Å². The summed E-state index contributed by atoms with van der Waals surface area (Å²) in [6, 6.07) is 26.1. The van der Waals surface area contributed by atoms with E-state index < -0.39 is 17.7 Å². The molecular weight excluding hydrogens is 588 g/mol. The Morgan fingerprint density at radius 1 is 0.953 bits per heavy atom. The Morgan fingerprint density at radius 2 is 1.77 bits per heavy atom. The van der Waals surface area contributed by atoms with Crippen LogP contribution in [-0.4, -0.2) is 35.0 Å². The number of aliphatic hydroxyl groups is 1. The molecule has 4 aromatic carbocycles. The van der Waals surface area contributed by atoms with Crippen LogP contribution in [0.2, 0.25) is 5.02 Å². The van der Waals surface area contributed by atoms with E-state index in [9.17, 15) is 14.7 Å². The summed E-state index contributed by atoms with van der Waals surface area (Å²) in [5.74, 6) is -0.434. The molecule has 8 nitrogen and oxygen atoms in total. The first-order valence-corrected chi connectivity index (χ1v) is 14.7. The van der Waals surface area contributed by atoms with E-state index in [2.05, 4.69) is 4.98 Å². The van der Waals surface area contributed by atoms with Gasteiger partial charge in [-0.3, -0.25) is 14.5 Å². The van der Waals surface area contributed by atoms with Crippen LogP contribution in [0.1, 0.15) is 22.7 Å². The SMILES string of the molecule is O=C1C(=O)N(c2nc3ccc(Cl)cc3s2)[C@@H](c2cccc(OCc3ccccc3)c2)/C1=C(\O)c1ccc2c(c1)OCCO2. The van der Waals surface area contributed by atoms with E-state index in [0.717, 1.165) is 10.3 Å². The molecule has 0 aliphatic carbocycles. The number of anilines is 1. The summed E-state index contributed by atoms with van der Waals surface area (Å²) in [5, 5.41) is 12.5. The Labute approximate surface area is 255 Å². The molecule has 2 aliphatic rings.